The highest BCUT2D eigenvalue weighted by molar-refractivity contribution is 6.31. The molecule has 5 rings (SSSR count). The molecule has 0 aromatic heterocycles. The molecule has 7 nitrogen and oxygen atoms in total. The number of anilines is 2. The van der Waals surface area contributed by atoms with Gasteiger partial charge in [0.15, 0.2) is 0 Å². The number of urea groups is 1. The minimum atomic E-state index is -1.67. The van der Waals surface area contributed by atoms with Crippen LogP contribution in [0.25, 0.3) is 0 Å². The SMILES string of the molecule is CCOC(=O)[C@]12Oc3c(cc(Cl)cc3NC(=O)Nc3ccc(Cl)cc3)C[C@H]1Cc1ccccc1[C@H]2O. The van der Waals surface area contributed by atoms with Crippen molar-refractivity contribution < 1.29 is 24.2 Å². The number of nitrogens with one attached hydrogen (secondary N) is 2. The average Bonchev–Trinajstić information content (AvgIpc) is 2.85. The maximum absolute atomic E-state index is 13.4. The summed E-state index contributed by atoms with van der Waals surface area (Å²) < 4.78 is 11.8. The van der Waals surface area contributed by atoms with Crippen molar-refractivity contribution in [3.63, 3.8) is 0 Å². The summed E-state index contributed by atoms with van der Waals surface area (Å²) in [5.74, 6) is -0.772. The molecule has 2 amide bonds. The number of aliphatic hydroxyl groups is 1. The van der Waals surface area contributed by atoms with E-state index in [0.717, 1.165) is 11.1 Å². The number of aliphatic hydroxyl groups excluding tert-OH is 1. The van der Waals surface area contributed by atoms with E-state index in [4.69, 9.17) is 32.7 Å². The van der Waals surface area contributed by atoms with Crippen molar-refractivity contribution in [3.8, 4) is 5.75 Å². The third-order valence-corrected chi connectivity index (χ3v) is 7.11. The van der Waals surface area contributed by atoms with Crippen molar-refractivity contribution in [2.45, 2.75) is 31.5 Å². The Morgan fingerprint density at radius 3 is 2.50 bits per heavy atom. The van der Waals surface area contributed by atoms with E-state index in [1.165, 1.54) is 0 Å². The monoisotopic (exact) mass is 526 g/mol. The molecule has 3 atom stereocenters. The number of carbonyl (C=O) groups excluding carboxylic acids is 2. The number of hydrogen-bond donors (Lipinski definition) is 3. The zero-order valence-corrected chi connectivity index (χ0v) is 20.9. The van der Waals surface area contributed by atoms with Gasteiger partial charge in [-0.2, -0.15) is 0 Å². The van der Waals surface area contributed by atoms with Crippen LogP contribution in [0.1, 0.15) is 29.7 Å². The molecule has 0 unspecified atom stereocenters. The second-order valence-corrected chi connectivity index (χ2v) is 9.72. The molecular formula is C27H24Cl2N2O5. The van der Waals surface area contributed by atoms with Crippen molar-refractivity contribution in [1.29, 1.82) is 0 Å². The van der Waals surface area contributed by atoms with Crippen LogP contribution in [0.3, 0.4) is 0 Å². The van der Waals surface area contributed by atoms with Gasteiger partial charge in [0.05, 0.1) is 12.3 Å². The Hall–Kier alpha value is -3.26. The summed E-state index contributed by atoms with van der Waals surface area (Å²) in [6, 6.07) is 16.9. The van der Waals surface area contributed by atoms with E-state index in [2.05, 4.69) is 10.6 Å². The first-order chi connectivity index (χ1) is 17.3. The zero-order valence-electron chi connectivity index (χ0n) is 19.4. The lowest BCUT2D eigenvalue weighted by molar-refractivity contribution is -0.187. The molecule has 0 saturated carbocycles. The van der Waals surface area contributed by atoms with Gasteiger partial charge in [0, 0.05) is 21.7 Å². The lowest BCUT2D eigenvalue weighted by Gasteiger charge is -2.48. The van der Waals surface area contributed by atoms with Gasteiger partial charge < -0.3 is 25.2 Å². The quantitative estimate of drug-likeness (QED) is 0.374. The number of fused-ring (bicyclic) bond motifs is 3. The molecule has 2 aliphatic rings. The highest BCUT2D eigenvalue weighted by Gasteiger charge is 2.60. The molecule has 3 N–H and O–H groups in total. The first-order valence-corrected chi connectivity index (χ1v) is 12.4. The molecule has 0 saturated heterocycles. The van der Waals surface area contributed by atoms with Crippen molar-refractivity contribution in [2.75, 3.05) is 17.2 Å². The number of hydrogen-bond acceptors (Lipinski definition) is 5. The Kier molecular flexibility index (Phi) is 6.55. The second-order valence-electron chi connectivity index (χ2n) is 8.85. The van der Waals surface area contributed by atoms with Crippen molar-refractivity contribution >= 4 is 46.6 Å². The smallest absolute Gasteiger partial charge is 0.353 e. The van der Waals surface area contributed by atoms with Crippen LogP contribution in [0, 0.1) is 5.92 Å². The van der Waals surface area contributed by atoms with Crippen LogP contribution in [-0.4, -0.2) is 29.3 Å². The Labute approximate surface area is 218 Å². The summed E-state index contributed by atoms with van der Waals surface area (Å²) in [5.41, 5.74) is 1.43. The minimum Gasteiger partial charge on any atom is -0.470 e. The van der Waals surface area contributed by atoms with Crippen molar-refractivity contribution in [3.05, 3.63) is 87.4 Å². The second kappa shape index (κ2) is 9.65. The van der Waals surface area contributed by atoms with Crippen LogP contribution in [0.4, 0.5) is 16.2 Å². The summed E-state index contributed by atoms with van der Waals surface area (Å²) in [4.78, 5) is 26.2. The normalized spacial score (nSPS) is 21.8. The molecule has 0 radical (unpaired) electrons. The van der Waals surface area contributed by atoms with Crippen LogP contribution in [-0.2, 0) is 22.4 Å². The largest absolute Gasteiger partial charge is 0.470 e. The molecule has 186 valence electrons. The molecule has 36 heavy (non-hydrogen) atoms. The molecule has 0 spiro atoms. The van der Waals surface area contributed by atoms with Crippen LogP contribution in [0.5, 0.6) is 5.75 Å². The number of amides is 2. The van der Waals surface area contributed by atoms with E-state index in [0.29, 0.717) is 34.1 Å². The maximum Gasteiger partial charge on any atom is 0.353 e. The summed E-state index contributed by atoms with van der Waals surface area (Å²) in [6.45, 7) is 1.84. The van der Waals surface area contributed by atoms with E-state index < -0.39 is 29.6 Å². The van der Waals surface area contributed by atoms with Gasteiger partial charge in [0.25, 0.3) is 0 Å². The van der Waals surface area contributed by atoms with Crippen LogP contribution >= 0.6 is 23.2 Å². The van der Waals surface area contributed by atoms with Crippen LogP contribution < -0.4 is 15.4 Å². The lowest BCUT2D eigenvalue weighted by Crippen LogP contribution is -2.61. The van der Waals surface area contributed by atoms with E-state index in [1.54, 1.807) is 49.4 Å². The number of ether oxygens (including phenoxy) is 2. The number of esters is 1. The van der Waals surface area contributed by atoms with Gasteiger partial charge in [-0.15, -0.1) is 0 Å². The molecule has 1 aliphatic heterocycles. The third-order valence-electron chi connectivity index (χ3n) is 6.64. The number of benzene rings is 3. The average molecular weight is 527 g/mol. The highest BCUT2D eigenvalue weighted by atomic mass is 35.5. The number of carbonyl (C=O) groups is 2. The van der Waals surface area contributed by atoms with Crippen LogP contribution in [0.15, 0.2) is 60.7 Å². The Bertz CT molecular complexity index is 1330. The summed E-state index contributed by atoms with van der Waals surface area (Å²) in [6.07, 6.45) is -0.350. The molecule has 3 aromatic carbocycles. The predicted octanol–water partition coefficient (Wildman–Crippen LogP) is 5.78. The molecule has 9 heteroatoms. The lowest BCUT2D eigenvalue weighted by atomic mass is 9.67. The Morgan fingerprint density at radius 1 is 1.03 bits per heavy atom. The van der Waals surface area contributed by atoms with Gasteiger partial charge in [-0.3, -0.25) is 0 Å². The summed E-state index contributed by atoms with van der Waals surface area (Å²) in [7, 11) is 0. The number of rotatable bonds is 4. The van der Waals surface area contributed by atoms with Gasteiger partial charge in [-0.25, -0.2) is 9.59 Å². The zero-order chi connectivity index (χ0) is 25.4. The molecule has 0 fully saturated rings. The fourth-order valence-corrected chi connectivity index (χ4v) is 5.42. The molecule has 0 bridgehead atoms. The third kappa shape index (κ3) is 4.28. The minimum absolute atomic E-state index is 0.132. The van der Waals surface area contributed by atoms with E-state index in [9.17, 15) is 14.7 Å². The predicted molar refractivity (Wildman–Crippen MR) is 138 cm³/mol. The standard InChI is InChI=1S/C27H24Cl2N2O5/c1-2-35-25(33)27-17(11-15-5-3-4-6-21(15)24(27)32)12-16-13-19(29)14-22(23(16)36-27)31-26(34)30-20-9-7-18(28)8-10-20/h3-10,13-14,17,24,32H,2,11-12H2,1H3,(H2,30,31,34)/t17-,24-,27+/m1/s1. The van der Waals surface area contributed by atoms with Crippen LogP contribution in [0.2, 0.25) is 10.0 Å². The fourth-order valence-electron chi connectivity index (χ4n) is 5.05. The Balaban J connectivity index is 1.52. The van der Waals surface area contributed by atoms with Gasteiger partial charge in [-0.1, -0.05) is 47.5 Å². The van der Waals surface area contributed by atoms with Gasteiger partial charge in [-0.05, 0) is 72.9 Å². The van der Waals surface area contributed by atoms with Gasteiger partial charge >= 0.3 is 12.0 Å². The first-order valence-electron chi connectivity index (χ1n) is 11.6. The first kappa shape index (κ1) is 24.4. The molecule has 1 aliphatic carbocycles. The van der Waals surface area contributed by atoms with Gasteiger partial charge in [0.2, 0.25) is 5.60 Å². The molecule has 1 heterocycles. The summed E-state index contributed by atoms with van der Waals surface area (Å²) in [5, 5.41) is 18.0. The summed E-state index contributed by atoms with van der Waals surface area (Å²) >= 11 is 12.3. The van der Waals surface area contributed by atoms with Crippen molar-refractivity contribution in [1.82, 2.24) is 0 Å². The van der Waals surface area contributed by atoms with Crippen molar-refractivity contribution in [2.24, 2.45) is 5.92 Å². The van der Waals surface area contributed by atoms with E-state index in [1.807, 2.05) is 18.2 Å². The number of halogens is 2. The maximum atomic E-state index is 13.4. The molecular weight excluding hydrogens is 503 g/mol. The molecule has 3 aromatic rings. The Morgan fingerprint density at radius 2 is 1.75 bits per heavy atom. The van der Waals surface area contributed by atoms with E-state index >= 15 is 0 Å². The fraction of sp³-hybridized carbons (Fsp3) is 0.259. The van der Waals surface area contributed by atoms with E-state index in [-0.39, 0.29) is 18.0 Å². The highest BCUT2D eigenvalue weighted by Crippen LogP contribution is 2.52. The van der Waals surface area contributed by atoms with Gasteiger partial charge in [0.1, 0.15) is 11.9 Å². The topological polar surface area (TPSA) is 96.9 Å².